The van der Waals surface area contributed by atoms with E-state index in [1.165, 1.54) is 6.08 Å². The van der Waals surface area contributed by atoms with Gasteiger partial charge in [0.05, 0.1) is 5.69 Å². The Bertz CT molecular complexity index is 548. The summed E-state index contributed by atoms with van der Waals surface area (Å²) in [7, 11) is 0. The molecule has 1 aromatic heterocycles. The largest absolute Gasteiger partial charge is 0.478 e. The quantitative estimate of drug-likeness (QED) is 0.817. The van der Waals surface area contributed by atoms with Crippen molar-refractivity contribution in [1.82, 2.24) is 4.98 Å². The van der Waals surface area contributed by atoms with E-state index in [1.54, 1.807) is 25.1 Å². The van der Waals surface area contributed by atoms with Crippen LogP contribution >= 0.6 is 0 Å². The first-order valence-corrected chi connectivity index (χ1v) is 6.33. The maximum absolute atomic E-state index is 12.1. The highest BCUT2D eigenvalue weighted by Crippen LogP contribution is 2.26. The fourth-order valence-electron chi connectivity index (χ4n) is 1.98. The molecule has 0 aliphatic carbocycles. The molecule has 6 nitrogen and oxygen atoms in total. The molecule has 1 saturated heterocycles. The average molecular weight is 276 g/mol. The summed E-state index contributed by atoms with van der Waals surface area (Å²) in [5.41, 5.74) is -0.350. The molecule has 0 radical (unpaired) electrons. The van der Waals surface area contributed by atoms with Gasteiger partial charge in [-0.05, 0) is 38.0 Å². The molecule has 1 aromatic rings. The Morgan fingerprint density at radius 3 is 2.95 bits per heavy atom. The molecule has 20 heavy (non-hydrogen) atoms. The van der Waals surface area contributed by atoms with Gasteiger partial charge in [-0.25, -0.2) is 9.78 Å². The number of aromatic nitrogens is 1. The number of carbonyl (C=O) groups is 2. The third-order valence-electron chi connectivity index (χ3n) is 3.11. The summed E-state index contributed by atoms with van der Waals surface area (Å²) in [4.78, 5) is 26.7. The highest BCUT2D eigenvalue weighted by molar-refractivity contribution is 5.96. The number of amides is 1. The molecule has 106 valence electrons. The summed E-state index contributed by atoms with van der Waals surface area (Å²) in [5, 5.41) is 11.3. The van der Waals surface area contributed by atoms with Gasteiger partial charge in [-0.3, -0.25) is 4.79 Å². The standard InChI is InChI=1S/C14H16N2O4/c1-14(8-3-9-20-14)13(19)16-11-5-2-4-10(15-11)6-7-12(17)18/h2,4-7H,3,8-9H2,1H3,(H,17,18)(H,15,16,19)/b7-6+. The first-order valence-electron chi connectivity index (χ1n) is 6.33. The average Bonchev–Trinajstić information content (AvgIpc) is 2.85. The summed E-state index contributed by atoms with van der Waals surface area (Å²) < 4.78 is 5.45. The number of hydrogen-bond acceptors (Lipinski definition) is 4. The van der Waals surface area contributed by atoms with Crippen molar-refractivity contribution in [3.8, 4) is 0 Å². The lowest BCUT2D eigenvalue weighted by atomic mass is 10.0. The van der Waals surface area contributed by atoms with Gasteiger partial charge in [0.25, 0.3) is 5.91 Å². The fourth-order valence-corrected chi connectivity index (χ4v) is 1.98. The van der Waals surface area contributed by atoms with E-state index < -0.39 is 11.6 Å². The number of carboxylic acids is 1. The zero-order valence-electron chi connectivity index (χ0n) is 11.1. The van der Waals surface area contributed by atoms with E-state index in [9.17, 15) is 9.59 Å². The number of hydrogen-bond donors (Lipinski definition) is 2. The molecule has 2 N–H and O–H groups in total. The first kappa shape index (κ1) is 14.2. The normalized spacial score (nSPS) is 22.1. The van der Waals surface area contributed by atoms with Crippen LogP contribution < -0.4 is 5.32 Å². The van der Waals surface area contributed by atoms with Gasteiger partial charge in [0.15, 0.2) is 0 Å². The maximum Gasteiger partial charge on any atom is 0.328 e. The zero-order valence-corrected chi connectivity index (χ0v) is 11.1. The molecule has 0 bridgehead atoms. The van der Waals surface area contributed by atoms with Crippen molar-refractivity contribution >= 4 is 23.8 Å². The summed E-state index contributed by atoms with van der Waals surface area (Å²) in [6.07, 6.45) is 3.90. The smallest absolute Gasteiger partial charge is 0.328 e. The number of nitrogens with one attached hydrogen (secondary N) is 1. The fraction of sp³-hybridized carbons (Fsp3) is 0.357. The molecule has 0 aromatic carbocycles. The molecule has 0 saturated carbocycles. The molecular formula is C14H16N2O4. The van der Waals surface area contributed by atoms with Gasteiger partial charge < -0.3 is 15.2 Å². The van der Waals surface area contributed by atoms with E-state index in [0.29, 0.717) is 24.5 Å². The van der Waals surface area contributed by atoms with Gasteiger partial charge in [-0.2, -0.15) is 0 Å². The lowest BCUT2D eigenvalue weighted by Crippen LogP contribution is -2.39. The van der Waals surface area contributed by atoms with Crippen LogP contribution in [0.4, 0.5) is 5.82 Å². The van der Waals surface area contributed by atoms with E-state index in [1.807, 2.05) is 0 Å². The Balaban J connectivity index is 2.08. The van der Waals surface area contributed by atoms with E-state index in [4.69, 9.17) is 9.84 Å². The molecule has 1 aliphatic heterocycles. The molecule has 6 heteroatoms. The number of pyridine rings is 1. The van der Waals surface area contributed by atoms with Crippen LogP contribution in [0.2, 0.25) is 0 Å². The minimum absolute atomic E-state index is 0.234. The van der Waals surface area contributed by atoms with E-state index in [-0.39, 0.29) is 5.91 Å². The van der Waals surface area contributed by atoms with Gasteiger partial charge in [0, 0.05) is 12.7 Å². The van der Waals surface area contributed by atoms with E-state index >= 15 is 0 Å². The summed E-state index contributed by atoms with van der Waals surface area (Å²) in [5.74, 6) is -0.908. The van der Waals surface area contributed by atoms with Gasteiger partial charge in [-0.1, -0.05) is 6.07 Å². The van der Waals surface area contributed by atoms with Crippen LogP contribution in [0.25, 0.3) is 6.08 Å². The van der Waals surface area contributed by atoms with Crippen LogP contribution in [0.15, 0.2) is 24.3 Å². The van der Waals surface area contributed by atoms with Gasteiger partial charge in [-0.15, -0.1) is 0 Å². The van der Waals surface area contributed by atoms with Crippen molar-refractivity contribution in [2.24, 2.45) is 0 Å². The van der Waals surface area contributed by atoms with Crippen LogP contribution in [0.5, 0.6) is 0 Å². The second-order valence-corrected chi connectivity index (χ2v) is 4.76. The van der Waals surface area contributed by atoms with Gasteiger partial charge in [0.1, 0.15) is 11.4 Å². The molecule has 2 rings (SSSR count). The predicted octanol–water partition coefficient (Wildman–Crippen LogP) is 1.69. The van der Waals surface area contributed by atoms with Gasteiger partial charge >= 0.3 is 5.97 Å². The zero-order chi connectivity index (χ0) is 14.6. The number of carbonyl (C=O) groups excluding carboxylic acids is 1. The number of rotatable bonds is 4. The topological polar surface area (TPSA) is 88.5 Å². The van der Waals surface area contributed by atoms with Crippen LogP contribution in [-0.2, 0) is 14.3 Å². The van der Waals surface area contributed by atoms with Crippen molar-refractivity contribution in [3.63, 3.8) is 0 Å². The van der Waals surface area contributed by atoms with Crippen LogP contribution in [-0.4, -0.2) is 34.2 Å². The van der Waals surface area contributed by atoms with Crippen molar-refractivity contribution in [1.29, 1.82) is 0 Å². The number of ether oxygens (including phenoxy) is 1. The van der Waals surface area contributed by atoms with Crippen molar-refractivity contribution in [2.75, 3.05) is 11.9 Å². The lowest BCUT2D eigenvalue weighted by molar-refractivity contribution is -0.134. The van der Waals surface area contributed by atoms with Crippen LogP contribution in [0.3, 0.4) is 0 Å². The summed E-state index contributed by atoms with van der Waals surface area (Å²) in [6, 6.07) is 5.00. The monoisotopic (exact) mass is 276 g/mol. The first-order chi connectivity index (χ1) is 9.49. The van der Waals surface area contributed by atoms with Crippen LogP contribution in [0.1, 0.15) is 25.5 Å². The number of aliphatic carboxylic acids is 1. The molecule has 1 aliphatic rings. The SMILES string of the molecule is CC1(C(=O)Nc2cccc(/C=C/C(=O)O)n2)CCCO1. The summed E-state index contributed by atoms with van der Waals surface area (Å²) >= 11 is 0. The third kappa shape index (κ3) is 3.42. The number of nitrogens with zero attached hydrogens (tertiary/aromatic N) is 1. The summed E-state index contributed by atoms with van der Waals surface area (Å²) in [6.45, 7) is 2.34. The Hall–Kier alpha value is -2.21. The molecule has 1 amide bonds. The highest BCUT2D eigenvalue weighted by Gasteiger charge is 2.37. The second kappa shape index (κ2) is 5.83. The minimum atomic E-state index is -1.05. The minimum Gasteiger partial charge on any atom is -0.478 e. The Labute approximate surface area is 116 Å². The second-order valence-electron chi connectivity index (χ2n) is 4.76. The Kier molecular flexibility index (Phi) is 4.14. The number of carboxylic acid groups (broad SMARTS) is 1. The van der Waals surface area contributed by atoms with Crippen LogP contribution in [0, 0.1) is 0 Å². The highest BCUT2D eigenvalue weighted by atomic mass is 16.5. The molecule has 0 spiro atoms. The van der Waals surface area contributed by atoms with Gasteiger partial charge in [0.2, 0.25) is 0 Å². The Morgan fingerprint density at radius 1 is 1.50 bits per heavy atom. The van der Waals surface area contributed by atoms with Crippen molar-refractivity contribution in [3.05, 3.63) is 30.0 Å². The number of anilines is 1. The predicted molar refractivity (Wildman–Crippen MR) is 73.1 cm³/mol. The van der Waals surface area contributed by atoms with Crippen molar-refractivity contribution in [2.45, 2.75) is 25.4 Å². The van der Waals surface area contributed by atoms with E-state index in [0.717, 1.165) is 12.5 Å². The lowest BCUT2D eigenvalue weighted by Gasteiger charge is -2.21. The van der Waals surface area contributed by atoms with Crippen molar-refractivity contribution < 1.29 is 19.4 Å². The molecule has 1 unspecified atom stereocenters. The molecule has 1 atom stereocenters. The maximum atomic E-state index is 12.1. The molecule has 2 heterocycles. The Morgan fingerprint density at radius 2 is 2.30 bits per heavy atom. The molecule has 1 fully saturated rings. The molecular weight excluding hydrogens is 260 g/mol. The van der Waals surface area contributed by atoms with E-state index in [2.05, 4.69) is 10.3 Å². The third-order valence-corrected chi connectivity index (χ3v) is 3.11.